The van der Waals surface area contributed by atoms with Gasteiger partial charge in [0.25, 0.3) is 5.91 Å². The van der Waals surface area contributed by atoms with E-state index >= 15 is 0 Å². The van der Waals surface area contributed by atoms with Crippen LogP contribution in [0.2, 0.25) is 5.02 Å². The Balaban J connectivity index is 1.27. The van der Waals surface area contributed by atoms with Gasteiger partial charge in [0.1, 0.15) is 5.82 Å². The Hall–Kier alpha value is -2.60. The molecule has 0 radical (unpaired) electrons. The Morgan fingerprint density at radius 1 is 1.17 bits per heavy atom. The van der Waals surface area contributed by atoms with E-state index in [1.54, 1.807) is 30.5 Å². The number of nitrogens with zero attached hydrogens (tertiary/aromatic N) is 3. The van der Waals surface area contributed by atoms with E-state index in [2.05, 4.69) is 20.1 Å². The Bertz CT molecular complexity index is 964. The number of hydrogen-bond acceptors (Lipinski definition) is 4. The van der Waals surface area contributed by atoms with Crippen LogP contribution in [0.1, 0.15) is 36.0 Å². The van der Waals surface area contributed by atoms with E-state index in [0.29, 0.717) is 46.5 Å². The number of carbonyl (C=O) groups excluding carboxylic acids is 2. The van der Waals surface area contributed by atoms with Crippen molar-refractivity contribution in [3.63, 3.8) is 0 Å². The summed E-state index contributed by atoms with van der Waals surface area (Å²) in [4.78, 5) is 33.9. The molecule has 6 nitrogen and oxygen atoms in total. The molecule has 2 amide bonds. The molecule has 4 heterocycles. The highest BCUT2D eigenvalue weighted by molar-refractivity contribution is 6.30. The molecule has 1 aromatic carbocycles. The number of piperidine rings is 3. The van der Waals surface area contributed by atoms with Gasteiger partial charge in [-0.3, -0.25) is 9.59 Å². The summed E-state index contributed by atoms with van der Waals surface area (Å²) in [6.07, 6.45) is 5.67. The lowest BCUT2D eigenvalue weighted by Crippen LogP contribution is -2.60. The molecule has 1 aromatic heterocycles. The summed E-state index contributed by atoms with van der Waals surface area (Å²) in [5.74, 6) is 2.04. The quantitative estimate of drug-likeness (QED) is 0.813. The van der Waals surface area contributed by atoms with Gasteiger partial charge in [-0.15, -0.1) is 0 Å². The molecule has 0 aliphatic carbocycles. The molecular formula is C23H25ClN4O2. The van der Waals surface area contributed by atoms with Crippen LogP contribution in [0.15, 0.2) is 42.6 Å². The lowest BCUT2D eigenvalue weighted by atomic mass is 9.76. The SMILES string of the molecule is O=C(Nc1cccc(Cl)c1)c1ccc(N2CC3CC(C2)[C@H]2CCCC(=O)N2C3)nc1. The molecular weight excluding hydrogens is 400 g/mol. The second kappa shape index (κ2) is 7.91. The van der Waals surface area contributed by atoms with Crippen molar-refractivity contribution in [1.82, 2.24) is 9.88 Å². The minimum atomic E-state index is -0.205. The van der Waals surface area contributed by atoms with Crippen molar-refractivity contribution in [3.05, 3.63) is 53.2 Å². The monoisotopic (exact) mass is 424 g/mol. The Labute approximate surface area is 181 Å². The van der Waals surface area contributed by atoms with Gasteiger partial charge in [-0.25, -0.2) is 4.98 Å². The maximum atomic E-state index is 12.5. The van der Waals surface area contributed by atoms with Crippen LogP contribution in [-0.2, 0) is 4.79 Å². The fourth-order valence-corrected chi connectivity index (χ4v) is 5.46. The number of anilines is 2. The Morgan fingerprint density at radius 3 is 2.87 bits per heavy atom. The molecule has 2 unspecified atom stereocenters. The number of nitrogens with one attached hydrogen (secondary N) is 1. The van der Waals surface area contributed by atoms with Gasteiger partial charge in [-0.05, 0) is 61.4 Å². The number of rotatable bonds is 3. The molecule has 156 valence electrons. The molecule has 3 fully saturated rings. The molecule has 0 saturated carbocycles. The highest BCUT2D eigenvalue weighted by Crippen LogP contribution is 2.38. The van der Waals surface area contributed by atoms with Crippen molar-refractivity contribution in [3.8, 4) is 0 Å². The predicted octanol–water partition coefficient (Wildman–Crippen LogP) is 3.82. The number of benzene rings is 1. The number of pyridine rings is 1. The number of fused-ring (bicyclic) bond motifs is 4. The average molecular weight is 425 g/mol. The van der Waals surface area contributed by atoms with Crippen molar-refractivity contribution in [2.24, 2.45) is 11.8 Å². The van der Waals surface area contributed by atoms with Gasteiger partial charge in [0.05, 0.1) is 5.56 Å². The number of hydrogen-bond donors (Lipinski definition) is 1. The van der Waals surface area contributed by atoms with Crippen molar-refractivity contribution < 1.29 is 9.59 Å². The average Bonchev–Trinajstić information content (AvgIpc) is 2.74. The van der Waals surface area contributed by atoms with Crippen LogP contribution >= 0.6 is 11.6 Å². The summed E-state index contributed by atoms with van der Waals surface area (Å²) < 4.78 is 0. The van der Waals surface area contributed by atoms with Crippen molar-refractivity contribution in [1.29, 1.82) is 0 Å². The van der Waals surface area contributed by atoms with E-state index in [1.807, 2.05) is 12.1 Å². The van der Waals surface area contributed by atoms with Crippen LogP contribution in [-0.4, -0.2) is 47.4 Å². The van der Waals surface area contributed by atoms with E-state index in [4.69, 9.17) is 11.6 Å². The molecule has 5 rings (SSSR count). The van der Waals surface area contributed by atoms with Crippen LogP contribution < -0.4 is 10.2 Å². The molecule has 30 heavy (non-hydrogen) atoms. The first-order chi connectivity index (χ1) is 14.6. The van der Waals surface area contributed by atoms with Crippen LogP contribution in [0, 0.1) is 11.8 Å². The number of amides is 2. The fourth-order valence-electron chi connectivity index (χ4n) is 5.27. The van der Waals surface area contributed by atoms with E-state index in [-0.39, 0.29) is 5.91 Å². The minimum Gasteiger partial charge on any atom is -0.356 e. The summed E-state index contributed by atoms with van der Waals surface area (Å²) in [5, 5.41) is 3.43. The van der Waals surface area contributed by atoms with Gasteiger partial charge in [-0.1, -0.05) is 17.7 Å². The molecule has 3 aliphatic rings. The standard InChI is InChI=1S/C23H25ClN4O2/c24-18-3-1-4-19(10-18)26-23(30)16-7-8-21(25-11-16)27-12-15-9-17(14-27)20-5-2-6-22(29)28(20)13-15/h1,3-4,7-8,10-11,15,17,20H,2,5-6,9,12-14H2,(H,26,30)/t15?,17?,20-/m1/s1. The molecule has 2 aromatic rings. The van der Waals surface area contributed by atoms with Crippen molar-refractivity contribution in [2.75, 3.05) is 29.9 Å². The zero-order valence-electron chi connectivity index (χ0n) is 16.8. The smallest absolute Gasteiger partial charge is 0.257 e. The van der Waals surface area contributed by atoms with Crippen LogP contribution in [0.3, 0.4) is 0 Å². The molecule has 7 heteroatoms. The number of aromatic nitrogens is 1. The van der Waals surface area contributed by atoms with Crippen LogP contribution in [0.25, 0.3) is 0 Å². The topological polar surface area (TPSA) is 65.5 Å². The third-order valence-electron chi connectivity index (χ3n) is 6.60. The van der Waals surface area contributed by atoms with E-state index in [1.165, 1.54) is 6.42 Å². The maximum absolute atomic E-state index is 12.5. The molecule has 3 saturated heterocycles. The van der Waals surface area contributed by atoms with E-state index < -0.39 is 0 Å². The molecule has 1 N–H and O–H groups in total. The third kappa shape index (κ3) is 3.76. The summed E-state index contributed by atoms with van der Waals surface area (Å²) in [5.41, 5.74) is 1.17. The zero-order valence-corrected chi connectivity index (χ0v) is 17.5. The lowest BCUT2D eigenvalue weighted by molar-refractivity contribution is -0.142. The summed E-state index contributed by atoms with van der Waals surface area (Å²) in [6, 6.07) is 11.2. The van der Waals surface area contributed by atoms with Crippen LogP contribution in [0.5, 0.6) is 0 Å². The van der Waals surface area contributed by atoms with Crippen molar-refractivity contribution >= 4 is 34.9 Å². The first-order valence-corrected chi connectivity index (χ1v) is 11.0. The second-order valence-electron chi connectivity index (χ2n) is 8.64. The predicted molar refractivity (Wildman–Crippen MR) is 117 cm³/mol. The van der Waals surface area contributed by atoms with E-state index in [9.17, 15) is 9.59 Å². The normalized spacial score (nSPS) is 25.6. The van der Waals surface area contributed by atoms with E-state index in [0.717, 1.165) is 38.3 Å². The maximum Gasteiger partial charge on any atom is 0.257 e. The third-order valence-corrected chi connectivity index (χ3v) is 6.83. The fraction of sp³-hybridized carbons (Fsp3) is 0.435. The molecule has 3 atom stereocenters. The minimum absolute atomic E-state index is 0.205. The zero-order chi connectivity index (χ0) is 20.7. The summed E-state index contributed by atoms with van der Waals surface area (Å²) in [7, 11) is 0. The number of halogens is 1. The first kappa shape index (κ1) is 19.4. The second-order valence-corrected chi connectivity index (χ2v) is 9.08. The first-order valence-electron chi connectivity index (χ1n) is 10.6. The van der Waals surface area contributed by atoms with Gasteiger partial charge in [0.2, 0.25) is 5.91 Å². The van der Waals surface area contributed by atoms with Gasteiger partial charge < -0.3 is 15.1 Å². The molecule has 2 bridgehead atoms. The van der Waals surface area contributed by atoms with Gasteiger partial charge in [0, 0.05) is 49.0 Å². The Kier molecular flexibility index (Phi) is 5.11. The summed E-state index contributed by atoms with van der Waals surface area (Å²) in [6.45, 7) is 2.71. The summed E-state index contributed by atoms with van der Waals surface area (Å²) >= 11 is 5.98. The van der Waals surface area contributed by atoms with Gasteiger partial charge in [-0.2, -0.15) is 0 Å². The molecule has 0 spiro atoms. The highest BCUT2D eigenvalue weighted by atomic mass is 35.5. The lowest BCUT2D eigenvalue weighted by Gasteiger charge is -2.52. The number of carbonyl (C=O) groups is 2. The van der Waals surface area contributed by atoms with Gasteiger partial charge >= 0.3 is 0 Å². The Morgan fingerprint density at radius 2 is 2.07 bits per heavy atom. The molecule has 3 aliphatic heterocycles. The van der Waals surface area contributed by atoms with Crippen molar-refractivity contribution in [2.45, 2.75) is 31.7 Å². The van der Waals surface area contributed by atoms with Crippen LogP contribution in [0.4, 0.5) is 11.5 Å². The highest BCUT2D eigenvalue weighted by Gasteiger charge is 2.44. The van der Waals surface area contributed by atoms with Gasteiger partial charge in [0.15, 0.2) is 0 Å². The largest absolute Gasteiger partial charge is 0.356 e.